The first-order chi connectivity index (χ1) is 14.8. The number of rotatable bonds is 2. The number of hydrogen-bond acceptors (Lipinski definition) is 1. The van der Waals surface area contributed by atoms with Gasteiger partial charge in [0.1, 0.15) is 0 Å². The van der Waals surface area contributed by atoms with Gasteiger partial charge in [-0.15, -0.1) is 0 Å². The molecule has 0 spiro atoms. The SMILES string of the molecule is C=C(C)[C@@H]1CC[C@]2(C)CC[C@]3(C)[C@H](CC[C@@H]4[C@@]5(C)CC[C@H](OC)C(C)(C)[C@@H]5CC[C@]43C)[C@@H]12. The summed E-state index contributed by atoms with van der Waals surface area (Å²) in [6.07, 6.45) is 14.6. The molecule has 0 heterocycles. The zero-order valence-corrected chi connectivity index (χ0v) is 22.7. The summed E-state index contributed by atoms with van der Waals surface area (Å²) in [7, 11) is 1.95. The van der Waals surface area contributed by atoms with Crippen molar-refractivity contribution in [3.05, 3.63) is 12.2 Å². The van der Waals surface area contributed by atoms with Gasteiger partial charge in [0.25, 0.3) is 0 Å². The maximum absolute atomic E-state index is 6.05. The Kier molecular flexibility index (Phi) is 5.21. The lowest BCUT2D eigenvalue weighted by atomic mass is 9.32. The molecule has 0 aromatic rings. The van der Waals surface area contributed by atoms with E-state index in [9.17, 15) is 0 Å². The molecule has 5 fully saturated rings. The van der Waals surface area contributed by atoms with Crippen LogP contribution in [0.3, 0.4) is 0 Å². The van der Waals surface area contributed by atoms with Gasteiger partial charge < -0.3 is 4.74 Å². The summed E-state index contributed by atoms with van der Waals surface area (Å²) in [6, 6.07) is 0. The fraction of sp³-hybridized carbons (Fsp3) is 0.935. The second-order valence-corrected chi connectivity index (χ2v) is 14.9. The monoisotopic (exact) mass is 440 g/mol. The van der Waals surface area contributed by atoms with E-state index in [1.54, 1.807) is 0 Å². The topological polar surface area (TPSA) is 9.23 Å². The second-order valence-electron chi connectivity index (χ2n) is 14.9. The van der Waals surface area contributed by atoms with Crippen molar-refractivity contribution in [2.45, 2.75) is 119 Å². The van der Waals surface area contributed by atoms with E-state index >= 15 is 0 Å². The minimum atomic E-state index is 0.294. The first-order valence-corrected chi connectivity index (χ1v) is 14.0. The molecule has 0 radical (unpaired) electrons. The van der Waals surface area contributed by atoms with Crippen molar-refractivity contribution in [3.63, 3.8) is 0 Å². The normalized spacial score (nSPS) is 56.5. The molecule has 0 saturated heterocycles. The lowest BCUT2D eigenvalue weighted by Gasteiger charge is -2.73. The molecule has 0 unspecified atom stereocenters. The molecule has 0 bridgehead atoms. The van der Waals surface area contributed by atoms with Crippen LogP contribution < -0.4 is 0 Å². The van der Waals surface area contributed by atoms with E-state index in [1.807, 2.05) is 7.11 Å². The predicted octanol–water partition coefficient (Wildman–Crippen LogP) is 8.68. The maximum atomic E-state index is 6.05. The van der Waals surface area contributed by atoms with Gasteiger partial charge in [-0.05, 0) is 128 Å². The van der Waals surface area contributed by atoms with Gasteiger partial charge in [0.15, 0.2) is 0 Å². The van der Waals surface area contributed by atoms with Gasteiger partial charge in [0, 0.05) is 7.11 Å². The smallest absolute Gasteiger partial charge is 0.0625 e. The van der Waals surface area contributed by atoms with Crippen molar-refractivity contribution in [3.8, 4) is 0 Å². The highest BCUT2D eigenvalue weighted by molar-refractivity contribution is 5.21. The Hall–Kier alpha value is -0.300. The molecule has 5 aliphatic carbocycles. The highest BCUT2D eigenvalue weighted by Gasteiger charge is 2.70. The van der Waals surface area contributed by atoms with Gasteiger partial charge in [-0.3, -0.25) is 0 Å². The van der Waals surface area contributed by atoms with E-state index in [-0.39, 0.29) is 0 Å². The molecule has 182 valence electrons. The van der Waals surface area contributed by atoms with Crippen molar-refractivity contribution < 1.29 is 4.74 Å². The average Bonchev–Trinajstić information content (AvgIpc) is 3.06. The third-order valence-corrected chi connectivity index (χ3v) is 13.7. The van der Waals surface area contributed by atoms with Crippen molar-refractivity contribution >= 4 is 0 Å². The van der Waals surface area contributed by atoms with Crippen LogP contribution in [-0.2, 0) is 4.74 Å². The lowest BCUT2D eigenvalue weighted by Crippen LogP contribution is -2.66. The molecule has 1 heteroatoms. The van der Waals surface area contributed by atoms with Gasteiger partial charge in [0.05, 0.1) is 6.10 Å². The van der Waals surface area contributed by atoms with E-state index in [2.05, 4.69) is 55.0 Å². The quantitative estimate of drug-likeness (QED) is 0.390. The Morgan fingerprint density at radius 1 is 0.750 bits per heavy atom. The van der Waals surface area contributed by atoms with Gasteiger partial charge >= 0.3 is 0 Å². The van der Waals surface area contributed by atoms with Crippen LogP contribution in [0.25, 0.3) is 0 Å². The third-order valence-electron chi connectivity index (χ3n) is 13.7. The van der Waals surface area contributed by atoms with Crippen molar-refractivity contribution in [1.29, 1.82) is 0 Å². The Balaban J connectivity index is 1.53. The molecule has 32 heavy (non-hydrogen) atoms. The fourth-order valence-corrected chi connectivity index (χ4v) is 11.9. The third kappa shape index (κ3) is 2.73. The average molecular weight is 441 g/mol. The fourth-order valence-electron chi connectivity index (χ4n) is 11.9. The van der Waals surface area contributed by atoms with E-state index in [0.717, 1.165) is 29.6 Å². The molecule has 0 aromatic heterocycles. The molecule has 0 amide bonds. The van der Waals surface area contributed by atoms with E-state index < -0.39 is 0 Å². The van der Waals surface area contributed by atoms with Crippen LogP contribution in [0.15, 0.2) is 12.2 Å². The molecule has 0 aliphatic heterocycles. The minimum Gasteiger partial charge on any atom is -0.381 e. The molecule has 0 N–H and O–H groups in total. The number of hydrogen-bond donors (Lipinski definition) is 0. The number of methoxy groups -OCH3 is 1. The van der Waals surface area contributed by atoms with Crippen molar-refractivity contribution in [1.82, 2.24) is 0 Å². The molecule has 10 atom stereocenters. The number of ether oxygens (including phenoxy) is 1. The van der Waals surface area contributed by atoms with Gasteiger partial charge in [0.2, 0.25) is 0 Å². The zero-order valence-electron chi connectivity index (χ0n) is 22.7. The molecular weight excluding hydrogens is 388 g/mol. The number of allylic oxidation sites excluding steroid dienone is 1. The first kappa shape index (κ1) is 23.4. The van der Waals surface area contributed by atoms with Crippen LogP contribution in [-0.4, -0.2) is 13.2 Å². The van der Waals surface area contributed by atoms with Crippen molar-refractivity contribution in [2.24, 2.45) is 56.7 Å². The summed E-state index contributed by atoms with van der Waals surface area (Å²) >= 11 is 0. The molecule has 1 nitrogen and oxygen atoms in total. The van der Waals surface area contributed by atoms with E-state index in [4.69, 9.17) is 4.74 Å². The maximum Gasteiger partial charge on any atom is 0.0625 e. The Morgan fingerprint density at radius 2 is 1.47 bits per heavy atom. The molecule has 5 rings (SSSR count). The Morgan fingerprint density at radius 3 is 2.12 bits per heavy atom. The summed E-state index contributed by atoms with van der Waals surface area (Å²) in [5.41, 5.74) is 3.79. The van der Waals surface area contributed by atoms with E-state index in [1.165, 1.54) is 69.8 Å². The Bertz CT molecular complexity index is 781. The highest BCUT2D eigenvalue weighted by Crippen LogP contribution is 2.77. The van der Waals surface area contributed by atoms with Crippen LogP contribution in [0.5, 0.6) is 0 Å². The number of fused-ring (bicyclic) bond motifs is 7. The predicted molar refractivity (Wildman–Crippen MR) is 135 cm³/mol. The summed E-state index contributed by atoms with van der Waals surface area (Å²) in [6.45, 7) is 22.8. The van der Waals surface area contributed by atoms with Gasteiger partial charge in [-0.1, -0.05) is 53.7 Å². The van der Waals surface area contributed by atoms with Crippen LogP contribution >= 0.6 is 0 Å². The van der Waals surface area contributed by atoms with Crippen molar-refractivity contribution in [2.75, 3.05) is 7.11 Å². The lowest BCUT2D eigenvalue weighted by molar-refractivity contribution is -0.248. The summed E-state index contributed by atoms with van der Waals surface area (Å²) in [4.78, 5) is 0. The van der Waals surface area contributed by atoms with Crippen LogP contribution in [0.2, 0.25) is 0 Å². The van der Waals surface area contributed by atoms with Crippen LogP contribution in [0.4, 0.5) is 0 Å². The van der Waals surface area contributed by atoms with E-state index in [0.29, 0.717) is 33.2 Å². The zero-order chi connectivity index (χ0) is 23.3. The first-order valence-electron chi connectivity index (χ1n) is 14.0. The molecular formula is C31H52O. The van der Waals surface area contributed by atoms with Crippen LogP contribution in [0, 0.1) is 56.7 Å². The second kappa shape index (κ2) is 7.11. The van der Waals surface area contributed by atoms with Gasteiger partial charge in [-0.2, -0.15) is 0 Å². The Labute approximate surface area is 199 Å². The molecule has 5 saturated carbocycles. The van der Waals surface area contributed by atoms with Gasteiger partial charge in [-0.25, -0.2) is 0 Å². The highest BCUT2D eigenvalue weighted by atomic mass is 16.5. The summed E-state index contributed by atoms with van der Waals surface area (Å²) in [5, 5.41) is 0. The minimum absolute atomic E-state index is 0.294. The molecule has 5 aliphatic rings. The van der Waals surface area contributed by atoms with Crippen LogP contribution in [0.1, 0.15) is 113 Å². The summed E-state index contributed by atoms with van der Waals surface area (Å²) < 4.78 is 6.05. The standard InChI is InChI=1S/C31H52O/c1-20(2)21-12-15-28(5)18-19-30(7)22(26(21)28)10-11-24-29(6)16-14-25(32-9)27(3,4)23(29)13-17-31(24,30)8/h21-26H,1,10-19H2,2-9H3/t21-,22+,23-,24+,25-,26+,28+,29-,30+,31+/m0/s1. The summed E-state index contributed by atoms with van der Waals surface area (Å²) in [5.74, 6) is 4.22. The molecule has 0 aromatic carbocycles. The largest absolute Gasteiger partial charge is 0.381 e.